The Bertz CT molecular complexity index is 1680. The molecule has 0 bridgehead atoms. The molecule has 216 valence electrons. The smallest absolute Gasteiger partial charge is 0.115 e. The molecule has 3 heterocycles. The highest BCUT2D eigenvalue weighted by Gasteiger charge is 2.25. The van der Waals surface area contributed by atoms with Gasteiger partial charge in [-0.2, -0.15) is 8.75 Å². The highest BCUT2D eigenvalue weighted by atomic mass is 79.9. The second-order valence-electron chi connectivity index (χ2n) is 11.6. The van der Waals surface area contributed by atoms with Gasteiger partial charge >= 0.3 is 0 Å². The summed E-state index contributed by atoms with van der Waals surface area (Å²) < 4.78 is 17.3. The van der Waals surface area contributed by atoms with E-state index in [1.54, 1.807) is 0 Å². The summed E-state index contributed by atoms with van der Waals surface area (Å²) >= 11 is 8.90. The van der Waals surface area contributed by atoms with E-state index in [0.29, 0.717) is 0 Å². The highest BCUT2D eigenvalue weighted by Crippen LogP contribution is 2.45. The molecule has 3 aromatic carbocycles. The van der Waals surface area contributed by atoms with Crippen LogP contribution in [0.4, 0.5) is 0 Å². The van der Waals surface area contributed by atoms with Crippen LogP contribution in [-0.4, -0.2) is 17.9 Å². The maximum Gasteiger partial charge on any atom is 0.115 e. The number of unbranched alkanes of at least 4 members (excludes halogenated alkanes) is 10. The molecule has 6 rings (SSSR count). The van der Waals surface area contributed by atoms with Gasteiger partial charge in [-0.15, -0.1) is 0 Å². The zero-order valence-electron chi connectivity index (χ0n) is 24.3. The summed E-state index contributed by atoms with van der Waals surface area (Å²) in [5.41, 5.74) is 7.36. The van der Waals surface area contributed by atoms with Gasteiger partial charge in [0.25, 0.3) is 0 Å². The third-order valence-corrected chi connectivity index (χ3v) is 10.2. The van der Waals surface area contributed by atoms with Crippen LogP contribution >= 0.6 is 43.6 Å². The lowest BCUT2D eigenvalue weighted by atomic mass is 10.1. The van der Waals surface area contributed by atoms with Crippen molar-refractivity contribution in [3.63, 3.8) is 0 Å². The average molecular weight is 697 g/mol. The van der Waals surface area contributed by atoms with Gasteiger partial charge in [0.15, 0.2) is 0 Å². The van der Waals surface area contributed by atoms with Crippen LogP contribution in [0.3, 0.4) is 0 Å². The molecule has 0 fully saturated rings. The number of halogens is 2. The van der Waals surface area contributed by atoms with Gasteiger partial charge in [-0.1, -0.05) is 110 Å². The van der Waals surface area contributed by atoms with Crippen LogP contribution in [0.2, 0.25) is 0 Å². The predicted octanol–water partition coefficient (Wildman–Crippen LogP) is 12.2. The Morgan fingerprint density at radius 1 is 0.585 bits per heavy atom. The zero-order chi connectivity index (χ0) is 28.3. The predicted molar refractivity (Wildman–Crippen MR) is 186 cm³/mol. The summed E-state index contributed by atoms with van der Waals surface area (Å²) in [6.07, 6.45) is 15.5. The Morgan fingerprint density at radius 2 is 1.00 bits per heavy atom. The monoisotopic (exact) mass is 694 g/mol. The van der Waals surface area contributed by atoms with Gasteiger partial charge in [0, 0.05) is 54.6 Å². The van der Waals surface area contributed by atoms with E-state index >= 15 is 0 Å². The van der Waals surface area contributed by atoms with E-state index in [1.807, 2.05) is 0 Å². The van der Waals surface area contributed by atoms with E-state index in [-0.39, 0.29) is 0 Å². The molecule has 0 saturated carbocycles. The van der Waals surface area contributed by atoms with E-state index in [0.717, 1.165) is 33.1 Å². The lowest BCUT2D eigenvalue weighted by Crippen LogP contribution is -2.03. The number of hydrogen-bond donors (Lipinski definition) is 0. The van der Waals surface area contributed by atoms with Gasteiger partial charge < -0.3 is 9.13 Å². The minimum Gasteiger partial charge on any atom is -0.339 e. The molecule has 0 aliphatic heterocycles. The molecule has 4 nitrogen and oxygen atoms in total. The van der Waals surface area contributed by atoms with Gasteiger partial charge in [-0.25, -0.2) is 0 Å². The Hall–Kier alpha value is -1.96. The first-order valence-corrected chi connectivity index (χ1v) is 17.9. The first-order valence-electron chi connectivity index (χ1n) is 15.6. The molecule has 3 aromatic heterocycles. The van der Waals surface area contributed by atoms with Crippen LogP contribution in [0, 0.1) is 0 Å². The molecule has 0 atom stereocenters. The second kappa shape index (κ2) is 13.1. The molecule has 0 saturated heterocycles. The lowest BCUT2D eigenvalue weighted by molar-refractivity contribution is 0.567. The van der Waals surface area contributed by atoms with Crippen LogP contribution in [0.15, 0.2) is 45.3 Å². The number of fused-ring (bicyclic) bond motifs is 10. The van der Waals surface area contributed by atoms with Crippen molar-refractivity contribution in [2.75, 3.05) is 0 Å². The molecule has 7 heteroatoms. The number of aromatic nitrogens is 4. The van der Waals surface area contributed by atoms with E-state index < -0.39 is 0 Å². The third-order valence-electron chi connectivity index (χ3n) is 8.71. The van der Waals surface area contributed by atoms with Gasteiger partial charge in [-0.05, 0) is 49.2 Å². The molecule has 6 aromatic rings. The number of rotatable bonds is 14. The standard InChI is InChI=1S/C34H40Br2N4S/c1-3-5-7-9-11-13-19-39-27-17-15-23(35)21-25(27)29-31-32(38-41-37-31)30-26-22-24(36)16-18-28(26)40(34(30)33(29)39)20-14-12-10-8-6-4-2/h15-18,21-22H,3-14,19-20H2,1-2H3. The van der Waals surface area contributed by atoms with Gasteiger partial charge in [0.2, 0.25) is 0 Å². The summed E-state index contributed by atoms with van der Waals surface area (Å²) in [6, 6.07) is 13.6. The van der Waals surface area contributed by atoms with Crippen molar-refractivity contribution in [2.24, 2.45) is 0 Å². The Labute approximate surface area is 264 Å². The van der Waals surface area contributed by atoms with Gasteiger partial charge in [-0.3, -0.25) is 0 Å². The van der Waals surface area contributed by atoms with Crippen LogP contribution in [0.25, 0.3) is 54.6 Å². The SMILES string of the molecule is CCCCCCCCn1c2ccc(Br)cc2c2c3nsnc3c3c4cc(Br)ccc4n(CCCCCCCC)c3c21. The van der Waals surface area contributed by atoms with Gasteiger partial charge in [0.05, 0.1) is 22.8 Å². The van der Waals surface area contributed by atoms with Crippen molar-refractivity contribution in [1.29, 1.82) is 0 Å². The fourth-order valence-corrected chi connectivity index (χ4v) is 7.99. The molecule has 0 spiro atoms. The summed E-state index contributed by atoms with van der Waals surface area (Å²) in [6.45, 7) is 6.62. The fraction of sp³-hybridized carbons (Fsp3) is 0.471. The molecular formula is C34H40Br2N4S. The van der Waals surface area contributed by atoms with Crippen molar-refractivity contribution in [3.05, 3.63) is 45.3 Å². The summed E-state index contributed by atoms with van der Waals surface area (Å²) in [5.74, 6) is 0. The first kappa shape index (κ1) is 29.1. The van der Waals surface area contributed by atoms with Crippen molar-refractivity contribution >= 4 is 98.2 Å². The van der Waals surface area contributed by atoms with Gasteiger partial charge in [0.1, 0.15) is 11.0 Å². The molecule has 41 heavy (non-hydrogen) atoms. The molecule has 0 N–H and O–H groups in total. The second-order valence-corrected chi connectivity index (χ2v) is 13.9. The highest BCUT2D eigenvalue weighted by molar-refractivity contribution is 9.10. The quantitative estimate of drug-likeness (QED) is 0.106. The maximum atomic E-state index is 4.94. The fourth-order valence-electron chi connectivity index (χ4n) is 6.71. The molecule has 0 unspecified atom stereocenters. The molecule has 0 aliphatic carbocycles. The largest absolute Gasteiger partial charge is 0.339 e. The van der Waals surface area contributed by atoms with E-state index in [2.05, 4.69) is 91.2 Å². The number of benzene rings is 3. The molecule has 0 radical (unpaired) electrons. The topological polar surface area (TPSA) is 35.6 Å². The van der Waals surface area contributed by atoms with Crippen LogP contribution in [0.5, 0.6) is 0 Å². The first-order chi connectivity index (χ1) is 20.1. The normalized spacial score (nSPS) is 12.3. The third kappa shape index (κ3) is 5.59. The average Bonchev–Trinajstić information content (AvgIpc) is 3.65. The van der Waals surface area contributed by atoms with Crippen LogP contribution < -0.4 is 0 Å². The number of aryl methyl sites for hydroxylation is 2. The maximum absolute atomic E-state index is 4.94. The summed E-state index contributed by atoms with van der Waals surface area (Å²) in [5, 5.41) is 5.07. The zero-order valence-corrected chi connectivity index (χ0v) is 28.3. The molecule has 0 amide bonds. The Balaban J connectivity index is 1.58. The number of nitrogens with zero attached hydrogens (tertiary/aromatic N) is 4. The van der Waals surface area contributed by atoms with Crippen LogP contribution in [0.1, 0.15) is 90.9 Å². The van der Waals surface area contributed by atoms with Crippen molar-refractivity contribution in [3.8, 4) is 0 Å². The van der Waals surface area contributed by atoms with E-state index in [9.17, 15) is 0 Å². The minimum atomic E-state index is 1.02. The number of hydrogen-bond acceptors (Lipinski definition) is 3. The van der Waals surface area contributed by atoms with Crippen molar-refractivity contribution < 1.29 is 0 Å². The van der Waals surface area contributed by atoms with E-state index in [4.69, 9.17) is 8.75 Å². The lowest BCUT2D eigenvalue weighted by Gasteiger charge is -2.12. The van der Waals surface area contributed by atoms with Crippen molar-refractivity contribution in [1.82, 2.24) is 17.9 Å². The van der Waals surface area contributed by atoms with E-state index in [1.165, 1.54) is 132 Å². The molecular weight excluding hydrogens is 656 g/mol. The summed E-state index contributed by atoms with van der Waals surface area (Å²) in [7, 11) is 0. The van der Waals surface area contributed by atoms with Crippen LogP contribution in [-0.2, 0) is 13.1 Å². The molecule has 0 aliphatic rings. The summed E-state index contributed by atoms with van der Waals surface area (Å²) in [4.78, 5) is 0. The Morgan fingerprint density at radius 3 is 1.44 bits per heavy atom. The Kier molecular flexibility index (Phi) is 9.33. The minimum absolute atomic E-state index is 1.02. The van der Waals surface area contributed by atoms with Crippen molar-refractivity contribution in [2.45, 2.75) is 104 Å².